The highest BCUT2D eigenvalue weighted by molar-refractivity contribution is 5.30. The number of aliphatic hydroxyl groups excluding tert-OH is 1. The van der Waals surface area contributed by atoms with Crippen molar-refractivity contribution in [1.82, 2.24) is 0 Å². The Labute approximate surface area is 81.4 Å². The van der Waals surface area contributed by atoms with E-state index in [1.54, 1.807) is 13.0 Å². The summed E-state index contributed by atoms with van der Waals surface area (Å²) in [6.07, 6.45) is -3.63. The average molecular weight is 201 g/mol. The van der Waals surface area contributed by atoms with Crippen LogP contribution < -0.4 is 5.73 Å². The van der Waals surface area contributed by atoms with E-state index in [4.69, 9.17) is 5.73 Å². The zero-order valence-electron chi connectivity index (χ0n) is 7.82. The zero-order valence-corrected chi connectivity index (χ0v) is 7.82. The Hall–Kier alpha value is -1.00. The Morgan fingerprint density at radius 2 is 1.71 bits per heavy atom. The first-order chi connectivity index (χ1) is 6.54. The lowest BCUT2D eigenvalue weighted by molar-refractivity contribution is 0.127. The monoisotopic (exact) mass is 201 g/mol. The molecule has 2 unspecified atom stereocenters. The van der Waals surface area contributed by atoms with Crippen LogP contribution in [0.25, 0.3) is 0 Å². The van der Waals surface area contributed by atoms with Crippen LogP contribution in [0.15, 0.2) is 24.3 Å². The molecule has 3 N–H and O–H groups in total. The van der Waals surface area contributed by atoms with Crippen molar-refractivity contribution in [2.75, 3.05) is 0 Å². The standard InChI is InChI=1S/C10H13F2NO/c1-6(13)9(14)7-4-2-3-5-8(7)10(11)12/h2-6,9-10,14H,13H2,1H3. The van der Waals surface area contributed by atoms with Gasteiger partial charge in [-0.05, 0) is 12.5 Å². The number of hydrogen-bond acceptors (Lipinski definition) is 2. The molecule has 0 aromatic heterocycles. The molecule has 0 amide bonds. The van der Waals surface area contributed by atoms with Crippen LogP contribution >= 0.6 is 0 Å². The van der Waals surface area contributed by atoms with Gasteiger partial charge in [-0.25, -0.2) is 8.78 Å². The predicted octanol–water partition coefficient (Wildman–Crippen LogP) is 2.00. The Balaban J connectivity index is 3.06. The molecule has 78 valence electrons. The second kappa shape index (κ2) is 4.48. The van der Waals surface area contributed by atoms with E-state index in [0.29, 0.717) is 0 Å². The van der Waals surface area contributed by atoms with Gasteiger partial charge in [0.15, 0.2) is 0 Å². The molecule has 1 aromatic rings. The largest absolute Gasteiger partial charge is 0.387 e. The summed E-state index contributed by atoms with van der Waals surface area (Å²) in [7, 11) is 0. The van der Waals surface area contributed by atoms with Crippen LogP contribution in [0.1, 0.15) is 30.6 Å². The SMILES string of the molecule is CC(N)C(O)c1ccccc1C(F)F. The maximum atomic E-state index is 12.5. The normalized spacial score (nSPS) is 15.6. The first-order valence-corrected chi connectivity index (χ1v) is 4.34. The van der Waals surface area contributed by atoms with Crippen molar-refractivity contribution >= 4 is 0 Å². The van der Waals surface area contributed by atoms with Gasteiger partial charge >= 0.3 is 0 Å². The molecule has 0 fully saturated rings. The number of nitrogens with two attached hydrogens (primary N) is 1. The summed E-state index contributed by atoms with van der Waals surface area (Å²) in [5, 5.41) is 9.57. The summed E-state index contributed by atoms with van der Waals surface area (Å²) >= 11 is 0. The number of rotatable bonds is 3. The number of halogens is 2. The van der Waals surface area contributed by atoms with Gasteiger partial charge in [-0.1, -0.05) is 24.3 Å². The van der Waals surface area contributed by atoms with Crippen LogP contribution in [0.4, 0.5) is 8.78 Å². The Morgan fingerprint density at radius 3 is 2.14 bits per heavy atom. The van der Waals surface area contributed by atoms with Gasteiger partial charge in [0.2, 0.25) is 0 Å². The molecule has 0 saturated carbocycles. The van der Waals surface area contributed by atoms with Crippen LogP contribution in [-0.4, -0.2) is 11.1 Å². The van der Waals surface area contributed by atoms with Gasteiger partial charge in [-0.15, -0.1) is 0 Å². The maximum absolute atomic E-state index is 12.5. The predicted molar refractivity (Wildman–Crippen MR) is 50.0 cm³/mol. The van der Waals surface area contributed by atoms with E-state index >= 15 is 0 Å². The molecule has 1 aromatic carbocycles. The van der Waals surface area contributed by atoms with E-state index in [0.717, 1.165) is 0 Å². The molecule has 2 atom stereocenters. The fraction of sp³-hybridized carbons (Fsp3) is 0.400. The molecule has 0 aliphatic heterocycles. The lowest BCUT2D eigenvalue weighted by Crippen LogP contribution is -2.25. The number of aliphatic hydroxyl groups is 1. The molecule has 2 nitrogen and oxygen atoms in total. The van der Waals surface area contributed by atoms with Crippen molar-refractivity contribution in [2.45, 2.75) is 25.5 Å². The quantitative estimate of drug-likeness (QED) is 0.785. The summed E-state index contributed by atoms with van der Waals surface area (Å²) in [4.78, 5) is 0. The third-order valence-electron chi connectivity index (χ3n) is 2.05. The van der Waals surface area contributed by atoms with Crippen LogP contribution in [-0.2, 0) is 0 Å². The molecular weight excluding hydrogens is 188 g/mol. The summed E-state index contributed by atoms with van der Waals surface area (Å²) in [6, 6.07) is 5.32. The average Bonchev–Trinajstić information content (AvgIpc) is 2.16. The Kier molecular flexibility index (Phi) is 3.55. The number of alkyl halides is 2. The second-order valence-corrected chi connectivity index (χ2v) is 3.23. The molecule has 0 bridgehead atoms. The molecule has 0 heterocycles. The number of hydrogen-bond donors (Lipinski definition) is 2. The highest BCUT2D eigenvalue weighted by atomic mass is 19.3. The third kappa shape index (κ3) is 2.27. The van der Waals surface area contributed by atoms with E-state index in [1.807, 2.05) is 0 Å². The molecule has 14 heavy (non-hydrogen) atoms. The minimum Gasteiger partial charge on any atom is -0.387 e. The van der Waals surface area contributed by atoms with Gasteiger partial charge in [-0.3, -0.25) is 0 Å². The third-order valence-corrected chi connectivity index (χ3v) is 2.05. The molecular formula is C10H13F2NO. The molecule has 0 spiro atoms. The topological polar surface area (TPSA) is 46.2 Å². The summed E-state index contributed by atoms with van der Waals surface area (Å²) in [5.74, 6) is 0. The van der Waals surface area contributed by atoms with Gasteiger partial charge in [0.1, 0.15) is 0 Å². The van der Waals surface area contributed by atoms with E-state index in [2.05, 4.69) is 0 Å². The first-order valence-electron chi connectivity index (χ1n) is 4.34. The van der Waals surface area contributed by atoms with Crippen LogP contribution in [0, 0.1) is 0 Å². The van der Waals surface area contributed by atoms with Gasteiger partial charge in [0.05, 0.1) is 6.10 Å². The second-order valence-electron chi connectivity index (χ2n) is 3.23. The van der Waals surface area contributed by atoms with Crippen molar-refractivity contribution < 1.29 is 13.9 Å². The molecule has 0 saturated heterocycles. The van der Waals surface area contributed by atoms with Crippen molar-refractivity contribution in [2.24, 2.45) is 5.73 Å². The van der Waals surface area contributed by atoms with Crippen molar-refractivity contribution in [3.05, 3.63) is 35.4 Å². The fourth-order valence-corrected chi connectivity index (χ4v) is 1.26. The van der Waals surface area contributed by atoms with E-state index in [-0.39, 0.29) is 11.1 Å². The molecule has 0 aliphatic carbocycles. The molecule has 1 rings (SSSR count). The van der Waals surface area contributed by atoms with Gasteiger partial charge in [0.25, 0.3) is 6.43 Å². The molecule has 4 heteroatoms. The highest BCUT2D eigenvalue weighted by Crippen LogP contribution is 2.28. The lowest BCUT2D eigenvalue weighted by atomic mass is 9.99. The maximum Gasteiger partial charge on any atom is 0.264 e. The minimum atomic E-state index is -2.58. The van der Waals surface area contributed by atoms with Crippen molar-refractivity contribution in [1.29, 1.82) is 0 Å². The van der Waals surface area contributed by atoms with Gasteiger partial charge in [0, 0.05) is 11.6 Å². The van der Waals surface area contributed by atoms with Crippen LogP contribution in [0.2, 0.25) is 0 Å². The fourth-order valence-electron chi connectivity index (χ4n) is 1.26. The van der Waals surface area contributed by atoms with Crippen LogP contribution in [0.5, 0.6) is 0 Å². The van der Waals surface area contributed by atoms with Crippen molar-refractivity contribution in [3.8, 4) is 0 Å². The lowest BCUT2D eigenvalue weighted by Gasteiger charge is -2.18. The van der Waals surface area contributed by atoms with E-state index < -0.39 is 18.6 Å². The number of benzene rings is 1. The summed E-state index contributed by atoms with van der Waals surface area (Å²) in [6.45, 7) is 1.58. The highest BCUT2D eigenvalue weighted by Gasteiger charge is 2.20. The van der Waals surface area contributed by atoms with Gasteiger partial charge in [-0.2, -0.15) is 0 Å². The van der Waals surface area contributed by atoms with E-state index in [1.165, 1.54) is 18.2 Å². The first kappa shape index (κ1) is 11.1. The van der Waals surface area contributed by atoms with E-state index in [9.17, 15) is 13.9 Å². The molecule has 0 aliphatic rings. The molecule has 0 radical (unpaired) electrons. The smallest absolute Gasteiger partial charge is 0.264 e. The zero-order chi connectivity index (χ0) is 10.7. The van der Waals surface area contributed by atoms with Gasteiger partial charge < -0.3 is 10.8 Å². The Morgan fingerprint density at radius 1 is 1.21 bits per heavy atom. The summed E-state index contributed by atoms with van der Waals surface area (Å²) in [5.41, 5.74) is 5.49. The summed E-state index contributed by atoms with van der Waals surface area (Å²) < 4.78 is 25.0. The van der Waals surface area contributed by atoms with Crippen molar-refractivity contribution in [3.63, 3.8) is 0 Å². The van der Waals surface area contributed by atoms with Crippen LogP contribution in [0.3, 0.4) is 0 Å². The Bertz CT molecular complexity index is 302. The minimum absolute atomic E-state index is 0.155.